The Labute approximate surface area is 105 Å². The van der Waals surface area contributed by atoms with E-state index in [0.717, 1.165) is 17.9 Å². The number of nitrogens with zero attached hydrogens (tertiary/aromatic N) is 1. The van der Waals surface area contributed by atoms with Gasteiger partial charge >= 0.3 is 0 Å². The minimum absolute atomic E-state index is 0.454. The van der Waals surface area contributed by atoms with E-state index < -0.39 is 5.91 Å². The Balaban J connectivity index is 2.08. The van der Waals surface area contributed by atoms with E-state index in [1.54, 1.807) is 18.2 Å². The van der Waals surface area contributed by atoms with Crippen molar-refractivity contribution in [2.45, 2.75) is 19.9 Å². The highest BCUT2D eigenvalue weighted by Gasteiger charge is 2.08. The van der Waals surface area contributed by atoms with E-state index in [1.807, 2.05) is 19.1 Å². The van der Waals surface area contributed by atoms with Crippen molar-refractivity contribution < 1.29 is 9.32 Å². The fourth-order valence-electron chi connectivity index (χ4n) is 1.64. The molecule has 18 heavy (non-hydrogen) atoms. The molecule has 0 aliphatic heterocycles. The van der Waals surface area contributed by atoms with E-state index in [1.165, 1.54) is 0 Å². The molecule has 94 valence electrons. The lowest BCUT2D eigenvalue weighted by atomic mass is 10.1. The number of aryl methyl sites for hydroxylation is 1. The second kappa shape index (κ2) is 5.35. The van der Waals surface area contributed by atoms with Crippen molar-refractivity contribution in [3.05, 3.63) is 47.3 Å². The molecule has 0 bridgehead atoms. The zero-order valence-corrected chi connectivity index (χ0v) is 10.1. The summed E-state index contributed by atoms with van der Waals surface area (Å²) in [5, 5.41) is 7.01. The van der Waals surface area contributed by atoms with E-state index in [-0.39, 0.29) is 0 Å². The van der Waals surface area contributed by atoms with Crippen LogP contribution in [0.4, 0.5) is 5.69 Å². The van der Waals surface area contributed by atoms with Gasteiger partial charge in [0.1, 0.15) is 0 Å². The molecule has 0 atom stereocenters. The molecule has 2 rings (SSSR count). The number of benzene rings is 1. The Morgan fingerprint density at radius 3 is 2.89 bits per heavy atom. The van der Waals surface area contributed by atoms with Gasteiger partial charge in [-0.15, -0.1) is 0 Å². The molecular weight excluding hydrogens is 230 g/mol. The molecule has 0 radical (unpaired) electrons. The van der Waals surface area contributed by atoms with E-state index in [4.69, 9.17) is 10.3 Å². The first kappa shape index (κ1) is 12.2. The van der Waals surface area contributed by atoms with Crippen LogP contribution in [-0.4, -0.2) is 11.1 Å². The van der Waals surface area contributed by atoms with Gasteiger partial charge in [-0.25, -0.2) is 0 Å². The number of carbonyl (C=O) groups is 1. The van der Waals surface area contributed by atoms with Gasteiger partial charge in [-0.3, -0.25) is 4.79 Å². The molecule has 3 N–H and O–H groups in total. The van der Waals surface area contributed by atoms with Gasteiger partial charge in [0.05, 0.1) is 17.8 Å². The van der Waals surface area contributed by atoms with Gasteiger partial charge in [0.15, 0.2) is 5.76 Å². The third-order valence-electron chi connectivity index (χ3n) is 2.62. The first-order chi connectivity index (χ1) is 8.70. The van der Waals surface area contributed by atoms with Crippen LogP contribution in [0.3, 0.4) is 0 Å². The predicted molar refractivity (Wildman–Crippen MR) is 68.2 cm³/mol. The third-order valence-corrected chi connectivity index (χ3v) is 2.62. The summed E-state index contributed by atoms with van der Waals surface area (Å²) in [5.41, 5.74) is 7.37. The normalized spacial score (nSPS) is 10.3. The number of hydrogen-bond donors (Lipinski definition) is 2. The topological polar surface area (TPSA) is 81.1 Å². The maximum Gasteiger partial charge on any atom is 0.250 e. The number of hydrogen-bond acceptors (Lipinski definition) is 4. The summed E-state index contributed by atoms with van der Waals surface area (Å²) in [6, 6.07) is 8.99. The zero-order chi connectivity index (χ0) is 13.0. The summed E-state index contributed by atoms with van der Waals surface area (Å²) < 4.78 is 5.15. The maximum absolute atomic E-state index is 11.2. The van der Waals surface area contributed by atoms with Crippen LogP contribution in [0.5, 0.6) is 0 Å². The van der Waals surface area contributed by atoms with Crippen LogP contribution < -0.4 is 11.1 Å². The zero-order valence-electron chi connectivity index (χ0n) is 10.1. The highest BCUT2D eigenvalue weighted by Crippen LogP contribution is 2.15. The number of para-hydroxylation sites is 1. The van der Waals surface area contributed by atoms with Crippen LogP contribution in [0, 0.1) is 0 Å². The average molecular weight is 245 g/mol. The lowest BCUT2D eigenvalue weighted by Crippen LogP contribution is -2.14. The van der Waals surface area contributed by atoms with Gasteiger partial charge in [0.25, 0.3) is 5.91 Å². The first-order valence-corrected chi connectivity index (χ1v) is 5.78. The van der Waals surface area contributed by atoms with Gasteiger partial charge in [0.2, 0.25) is 0 Å². The van der Waals surface area contributed by atoms with Crippen molar-refractivity contribution in [2.24, 2.45) is 5.73 Å². The van der Waals surface area contributed by atoms with Gasteiger partial charge in [0, 0.05) is 11.8 Å². The van der Waals surface area contributed by atoms with E-state index in [0.29, 0.717) is 17.8 Å². The van der Waals surface area contributed by atoms with Gasteiger partial charge in [-0.1, -0.05) is 24.2 Å². The summed E-state index contributed by atoms with van der Waals surface area (Å²) >= 11 is 0. The van der Waals surface area contributed by atoms with Crippen molar-refractivity contribution in [2.75, 3.05) is 5.32 Å². The Kier molecular flexibility index (Phi) is 3.62. The Bertz CT molecular complexity index is 549. The summed E-state index contributed by atoms with van der Waals surface area (Å²) in [4.78, 5) is 11.2. The van der Waals surface area contributed by atoms with E-state index >= 15 is 0 Å². The Morgan fingerprint density at radius 2 is 2.22 bits per heavy atom. The highest BCUT2D eigenvalue weighted by molar-refractivity contribution is 5.98. The molecule has 0 fully saturated rings. The van der Waals surface area contributed by atoms with E-state index in [9.17, 15) is 4.79 Å². The molecule has 1 aromatic heterocycles. The molecule has 0 saturated heterocycles. The van der Waals surface area contributed by atoms with Crippen molar-refractivity contribution in [3.8, 4) is 0 Å². The molecular formula is C13H15N3O2. The highest BCUT2D eigenvalue weighted by atomic mass is 16.5. The fourth-order valence-corrected chi connectivity index (χ4v) is 1.64. The molecule has 1 aromatic carbocycles. The van der Waals surface area contributed by atoms with Crippen molar-refractivity contribution in [1.82, 2.24) is 5.16 Å². The number of anilines is 1. The van der Waals surface area contributed by atoms with Gasteiger partial charge < -0.3 is 15.6 Å². The Morgan fingerprint density at radius 1 is 1.44 bits per heavy atom. The number of aromatic nitrogens is 1. The predicted octanol–water partition coefficient (Wildman–Crippen LogP) is 1.95. The number of nitrogens with one attached hydrogen (secondary N) is 1. The lowest BCUT2D eigenvalue weighted by molar-refractivity contribution is 0.100. The molecule has 0 saturated carbocycles. The number of amides is 1. The first-order valence-electron chi connectivity index (χ1n) is 5.78. The SMILES string of the molecule is CCc1cc(CNc2ccccc2C(N)=O)on1. The summed E-state index contributed by atoms with van der Waals surface area (Å²) in [6.45, 7) is 2.48. The number of carbonyl (C=O) groups excluding carboxylic acids is 1. The molecule has 0 unspecified atom stereocenters. The fraction of sp³-hybridized carbons (Fsp3) is 0.231. The summed E-state index contributed by atoms with van der Waals surface area (Å²) in [6.07, 6.45) is 0.835. The molecule has 0 spiro atoms. The van der Waals surface area contributed by atoms with Crippen LogP contribution in [0.25, 0.3) is 0 Å². The average Bonchev–Trinajstić information content (AvgIpc) is 2.84. The number of rotatable bonds is 5. The minimum Gasteiger partial charge on any atom is -0.377 e. The van der Waals surface area contributed by atoms with Crippen LogP contribution in [0.2, 0.25) is 0 Å². The van der Waals surface area contributed by atoms with Gasteiger partial charge in [-0.2, -0.15) is 0 Å². The lowest BCUT2D eigenvalue weighted by Gasteiger charge is -2.07. The molecule has 2 aromatic rings. The van der Waals surface area contributed by atoms with E-state index in [2.05, 4.69) is 10.5 Å². The molecule has 1 amide bonds. The molecule has 5 heteroatoms. The van der Waals surface area contributed by atoms with Crippen LogP contribution in [0.15, 0.2) is 34.9 Å². The molecule has 0 aliphatic carbocycles. The van der Waals surface area contributed by atoms with Crippen LogP contribution in [0.1, 0.15) is 28.7 Å². The third kappa shape index (κ3) is 2.68. The largest absolute Gasteiger partial charge is 0.377 e. The number of primary amides is 1. The standard InChI is InChI=1S/C13H15N3O2/c1-2-9-7-10(18-16-9)8-15-12-6-4-3-5-11(12)13(14)17/h3-7,15H,2,8H2,1H3,(H2,14,17). The second-order valence-electron chi connectivity index (χ2n) is 3.90. The molecule has 1 heterocycles. The quantitative estimate of drug-likeness (QED) is 0.843. The maximum atomic E-state index is 11.2. The monoisotopic (exact) mass is 245 g/mol. The minimum atomic E-state index is -0.454. The van der Waals surface area contributed by atoms with Crippen molar-refractivity contribution in [1.29, 1.82) is 0 Å². The molecule has 5 nitrogen and oxygen atoms in total. The number of nitrogens with two attached hydrogens (primary N) is 1. The Hall–Kier alpha value is -2.30. The summed E-state index contributed by atoms with van der Waals surface area (Å²) in [5.74, 6) is 0.274. The van der Waals surface area contributed by atoms with Crippen LogP contribution >= 0.6 is 0 Å². The van der Waals surface area contributed by atoms with Crippen molar-refractivity contribution >= 4 is 11.6 Å². The van der Waals surface area contributed by atoms with Gasteiger partial charge in [-0.05, 0) is 18.6 Å². The second-order valence-corrected chi connectivity index (χ2v) is 3.90. The summed E-state index contributed by atoms with van der Waals surface area (Å²) in [7, 11) is 0. The van der Waals surface area contributed by atoms with Crippen LogP contribution in [-0.2, 0) is 13.0 Å². The molecule has 0 aliphatic rings. The van der Waals surface area contributed by atoms with Crippen molar-refractivity contribution in [3.63, 3.8) is 0 Å². The smallest absolute Gasteiger partial charge is 0.250 e.